The molecular weight excluding hydrogens is 653 g/mol. The molecule has 0 spiro atoms. The second-order valence-corrected chi connectivity index (χ2v) is 11.3. The Morgan fingerprint density at radius 1 is 0.711 bits per heavy atom. The highest BCUT2D eigenvalue weighted by molar-refractivity contribution is 6.31. The Balaban J connectivity index is 1.83. The van der Waals surface area contributed by atoms with Gasteiger partial charge in [0.05, 0.1) is 34.0 Å². The third-order valence-electron chi connectivity index (χ3n) is 7.77. The normalized spacial score (nSPS) is 22.6. The van der Waals surface area contributed by atoms with Gasteiger partial charge in [-0.3, -0.25) is 20.2 Å². The van der Waals surface area contributed by atoms with Crippen LogP contribution in [0.15, 0.2) is 93.4 Å². The number of hydrogen-bond donors (Lipinski definition) is 0. The van der Waals surface area contributed by atoms with Gasteiger partial charge in [-0.1, -0.05) is 73.4 Å². The molecule has 4 rings (SSSR count). The first kappa shape index (κ1) is 34.0. The van der Waals surface area contributed by atoms with Crippen LogP contribution < -0.4 is 0 Å². The van der Waals surface area contributed by atoms with Crippen molar-refractivity contribution >= 4 is 23.2 Å². The maximum Gasteiger partial charge on any atom is 0.416 e. The Kier molecular flexibility index (Phi) is 9.20. The van der Waals surface area contributed by atoms with Crippen molar-refractivity contribution in [2.75, 3.05) is 0 Å². The van der Waals surface area contributed by atoms with E-state index in [-0.39, 0.29) is 45.6 Å². The van der Waals surface area contributed by atoms with E-state index in [0.717, 1.165) is 48.6 Å². The van der Waals surface area contributed by atoms with Gasteiger partial charge in [-0.2, -0.15) is 26.3 Å². The molecule has 15 heteroatoms. The topological polar surface area (TPSA) is 95.5 Å². The Hall–Kier alpha value is -3.84. The molecule has 7 nitrogen and oxygen atoms in total. The first-order chi connectivity index (χ1) is 20.9. The minimum atomic E-state index is -4.91. The molecule has 0 aromatic heterocycles. The summed E-state index contributed by atoms with van der Waals surface area (Å²) in [7, 11) is 0. The summed E-state index contributed by atoms with van der Waals surface area (Å²) in [6.45, 7) is 3.12. The number of ether oxygens (including phenoxy) is 1. The van der Waals surface area contributed by atoms with Gasteiger partial charge in [-0.05, 0) is 36.1 Å². The van der Waals surface area contributed by atoms with E-state index in [9.17, 15) is 46.6 Å². The van der Waals surface area contributed by atoms with Crippen LogP contribution in [0.3, 0.4) is 0 Å². The fourth-order valence-corrected chi connectivity index (χ4v) is 6.38. The van der Waals surface area contributed by atoms with Gasteiger partial charge in [0.1, 0.15) is 11.5 Å². The average molecular weight is 677 g/mol. The van der Waals surface area contributed by atoms with Crippen molar-refractivity contribution in [2.45, 2.75) is 63.0 Å². The van der Waals surface area contributed by atoms with E-state index in [1.807, 2.05) is 0 Å². The smallest absolute Gasteiger partial charge is 0.416 e. The number of hydrogen-bond acceptors (Lipinski definition) is 5. The van der Waals surface area contributed by atoms with Crippen LogP contribution in [-0.4, -0.2) is 9.85 Å². The quantitative estimate of drug-likeness (QED) is 0.158. The molecule has 0 N–H and O–H groups in total. The predicted molar refractivity (Wildman–Crippen MR) is 153 cm³/mol. The number of allylic oxidation sites excluding steroid dienone is 2. The van der Waals surface area contributed by atoms with Crippen molar-refractivity contribution in [3.05, 3.63) is 136 Å². The Morgan fingerprint density at radius 2 is 1.04 bits per heavy atom. The van der Waals surface area contributed by atoms with Crippen LogP contribution in [0.2, 0.25) is 0 Å². The van der Waals surface area contributed by atoms with E-state index in [0.29, 0.717) is 0 Å². The zero-order valence-electron chi connectivity index (χ0n) is 23.6. The Bertz CT molecular complexity index is 1560. The molecular formula is C30H24Cl2F6N2O5. The third-order valence-corrected chi connectivity index (χ3v) is 8.38. The summed E-state index contributed by atoms with van der Waals surface area (Å²) >= 11 is 13.1. The lowest BCUT2D eigenvalue weighted by Crippen LogP contribution is -2.39. The van der Waals surface area contributed by atoms with Gasteiger partial charge < -0.3 is 4.74 Å². The number of benzene rings is 2. The maximum atomic E-state index is 13.9. The standard InChI is InChI=1S/C30H24Cl2F6N2O5/c1-3-17-13-27(39(41)42,19-9-5-7-11-21(19)29(33,34)35)15-23(31)25(17)45-26-18(4-2)14-28(40(43)44,16-24(26)32)20-10-6-8-12-22(20)30(36,37)38/h5-14H,3-4,15-16H2,1-2H3. The zero-order valence-corrected chi connectivity index (χ0v) is 25.1. The van der Waals surface area contributed by atoms with Gasteiger partial charge in [0.15, 0.2) is 0 Å². The highest BCUT2D eigenvalue weighted by Gasteiger charge is 2.54. The van der Waals surface area contributed by atoms with Crippen molar-refractivity contribution in [1.29, 1.82) is 0 Å². The molecule has 0 saturated carbocycles. The SMILES string of the molecule is CCC1=CC(c2ccccc2C(F)(F)F)([N+](=O)[O-])CC(Cl)=C1OC1=C(Cl)CC(c2ccccc2C(F)(F)F)([N+](=O)[O-])C=C1CC. The summed E-state index contributed by atoms with van der Waals surface area (Å²) in [6.07, 6.45) is -9.22. The summed E-state index contributed by atoms with van der Waals surface area (Å²) in [5.74, 6) is -0.309. The minimum Gasteiger partial charge on any atom is -0.454 e. The Morgan fingerprint density at radius 3 is 1.33 bits per heavy atom. The molecule has 2 aliphatic carbocycles. The minimum absolute atomic E-state index is 0.00317. The van der Waals surface area contributed by atoms with Crippen LogP contribution in [0.4, 0.5) is 26.3 Å². The second-order valence-electron chi connectivity index (χ2n) is 10.4. The molecule has 0 heterocycles. The molecule has 2 unspecified atom stereocenters. The van der Waals surface area contributed by atoms with E-state index in [2.05, 4.69) is 0 Å². The third kappa shape index (κ3) is 6.07. The largest absolute Gasteiger partial charge is 0.454 e. The van der Waals surface area contributed by atoms with Crippen molar-refractivity contribution < 1.29 is 40.9 Å². The number of nitrogens with zero attached hydrogens (tertiary/aromatic N) is 2. The van der Waals surface area contributed by atoms with Gasteiger partial charge in [-0.15, -0.1) is 0 Å². The van der Waals surface area contributed by atoms with Gasteiger partial charge in [0, 0.05) is 33.1 Å². The molecule has 0 aliphatic heterocycles. The van der Waals surface area contributed by atoms with Gasteiger partial charge in [0.2, 0.25) is 0 Å². The lowest BCUT2D eigenvalue weighted by molar-refractivity contribution is -0.564. The number of alkyl halides is 6. The lowest BCUT2D eigenvalue weighted by atomic mass is 9.78. The first-order valence-electron chi connectivity index (χ1n) is 13.4. The monoisotopic (exact) mass is 676 g/mol. The summed E-state index contributed by atoms with van der Waals surface area (Å²) in [5, 5.41) is 24.3. The van der Waals surface area contributed by atoms with Crippen molar-refractivity contribution in [2.24, 2.45) is 0 Å². The summed E-state index contributed by atoms with van der Waals surface area (Å²) in [5.41, 5.74) is -8.42. The molecule has 45 heavy (non-hydrogen) atoms. The van der Waals surface area contributed by atoms with E-state index in [1.165, 1.54) is 12.1 Å². The van der Waals surface area contributed by atoms with Crippen LogP contribution >= 0.6 is 23.2 Å². The fourth-order valence-electron chi connectivity index (χ4n) is 5.65. The average Bonchev–Trinajstić information content (AvgIpc) is 2.97. The maximum absolute atomic E-state index is 13.9. The van der Waals surface area contributed by atoms with E-state index in [1.54, 1.807) is 13.8 Å². The molecule has 240 valence electrons. The summed E-state index contributed by atoms with van der Waals surface area (Å²) in [6, 6.07) is 8.14. The molecule has 2 aliphatic rings. The van der Waals surface area contributed by atoms with Crippen LogP contribution in [0, 0.1) is 20.2 Å². The first-order valence-corrected chi connectivity index (χ1v) is 14.2. The molecule has 2 atom stereocenters. The number of rotatable bonds is 8. The van der Waals surface area contributed by atoms with Crippen molar-refractivity contribution in [3.63, 3.8) is 0 Å². The summed E-state index contributed by atoms with van der Waals surface area (Å²) in [4.78, 5) is 23.2. The highest BCUT2D eigenvalue weighted by atomic mass is 35.5. The van der Waals surface area contributed by atoms with Crippen LogP contribution in [0.1, 0.15) is 61.8 Å². The van der Waals surface area contributed by atoms with E-state index >= 15 is 0 Å². The van der Waals surface area contributed by atoms with Gasteiger partial charge in [0.25, 0.3) is 11.1 Å². The van der Waals surface area contributed by atoms with E-state index < -0.39 is 68.4 Å². The molecule has 0 saturated heterocycles. The highest BCUT2D eigenvalue weighted by Crippen LogP contribution is 2.51. The van der Waals surface area contributed by atoms with Gasteiger partial charge >= 0.3 is 12.4 Å². The molecule has 2 aromatic carbocycles. The molecule has 2 aromatic rings. The van der Waals surface area contributed by atoms with Crippen LogP contribution in [0.25, 0.3) is 0 Å². The predicted octanol–water partition coefficient (Wildman–Crippen LogP) is 9.77. The van der Waals surface area contributed by atoms with Gasteiger partial charge in [-0.25, -0.2) is 0 Å². The van der Waals surface area contributed by atoms with E-state index in [4.69, 9.17) is 27.9 Å². The van der Waals surface area contributed by atoms with Crippen LogP contribution in [-0.2, 0) is 28.2 Å². The molecule has 0 radical (unpaired) electrons. The zero-order chi connectivity index (χ0) is 33.5. The lowest BCUT2D eigenvalue weighted by Gasteiger charge is -2.33. The number of nitro groups is 2. The molecule has 0 fully saturated rings. The second kappa shape index (κ2) is 12.2. The summed E-state index contributed by atoms with van der Waals surface area (Å²) < 4.78 is 89.5. The Labute approximate surface area is 262 Å². The van der Waals surface area contributed by atoms with Crippen molar-refractivity contribution in [1.82, 2.24) is 0 Å². The van der Waals surface area contributed by atoms with Crippen molar-refractivity contribution in [3.8, 4) is 0 Å². The van der Waals surface area contributed by atoms with Crippen LogP contribution in [0.5, 0.6) is 0 Å². The fraction of sp³-hybridized carbons (Fsp3) is 0.333. The molecule has 0 amide bonds. The number of halogens is 8. The molecule has 0 bridgehead atoms.